The minimum atomic E-state index is -3.52. The fourth-order valence-electron chi connectivity index (χ4n) is 3.77. The van der Waals surface area contributed by atoms with Gasteiger partial charge in [0.25, 0.3) is 5.91 Å². The number of amides is 1. The molecule has 3 rings (SSSR count). The number of anilines is 2. The van der Waals surface area contributed by atoms with Crippen LogP contribution in [0.5, 0.6) is 0 Å². The van der Waals surface area contributed by atoms with Crippen LogP contribution < -0.4 is 9.62 Å². The van der Waals surface area contributed by atoms with Crippen LogP contribution in [-0.4, -0.2) is 33.2 Å². The number of sulfonamides is 1. The van der Waals surface area contributed by atoms with Gasteiger partial charge in [0.1, 0.15) is 0 Å². The van der Waals surface area contributed by atoms with E-state index in [2.05, 4.69) is 5.32 Å². The normalized spacial score (nSPS) is 11.1. The van der Waals surface area contributed by atoms with Crippen LogP contribution in [0.4, 0.5) is 11.4 Å². The van der Waals surface area contributed by atoms with Crippen LogP contribution in [0.1, 0.15) is 57.2 Å². The molecule has 7 nitrogen and oxygen atoms in total. The summed E-state index contributed by atoms with van der Waals surface area (Å²) in [5.41, 5.74) is 4.57. The van der Waals surface area contributed by atoms with E-state index in [0.717, 1.165) is 29.5 Å². The van der Waals surface area contributed by atoms with Crippen molar-refractivity contribution in [1.29, 1.82) is 0 Å². The van der Waals surface area contributed by atoms with Crippen LogP contribution >= 0.6 is 0 Å². The molecule has 0 aliphatic heterocycles. The standard InChI is InChI=1S/C28H32N2O5S/c1-5-6-18-35-28(32)24-14-16-25(17-15-24)29-27(31)23-12-10-22(11-13-23)19-30(36(4,33)34)26-20(2)8-7-9-21(26)3/h7-17H,5-6,18-19H2,1-4H3,(H,29,31). The highest BCUT2D eigenvalue weighted by Gasteiger charge is 2.21. The summed E-state index contributed by atoms with van der Waals surface area (Å²) in [6.45, 7) is 6.33. The van der Waals surface area contributed by atoms with Crippen molar-refractivity contribution >= 4 is 33.3 Å². The van der Waals surface area contributed by atoms with Crippen LogP contribution in [0.2, 0.25) is 0 Å². The van der Waals surface area contributed by atoms with Gasteiger partial charge < -0.3 is 10.1 Å². The van der Waals surface area contributed by atoms with Gasteiger partial charge in [-0.3, -0.25) is 9.10 Å². The molecule has 36 heavy (non-hydrogen) atoms. The number of nitrogens with zero attached hydrogens (tertiary/aromatic N) is 1. The molecule has 8 heteroatoms. The second-order valence-electron chi connectivity index (χ2n) is 8.73. The third-order valence-corrected chi connectivity index (χ3v) is 6.85. The predicted molar refractivity (Wildman–Crippen MR) is 143 cm³/mol. The quantitative estimate of drug-likeness (QED) is 0.289. The van der Waals surface area contributed by atoms with Crippen molar-refractivity contribution in [2.24, 2.45) is 0 Å². The number of para-hydroxylation sites is 1. The van der Waals surface area contributed by atoms with Crippen LogP contribution in [0.25, 0.3) is 0 Å². The number of hydrogen-bond acceptors (Lipinski definition) is 5. The summed E-state index contributed by atoms with van der Waals surface area (Å²) in [5, 5.41) is 2.80. The molecule has 0 radical (unpaired) electrons. The Morgan fingerprint density at radius 2 is 1.47 bits per heavy atom. The number of hydrogen-bond donors (Lipinski definition) is 1. The molecule has 0 heterocycles. The lowest BCUT2D eigenvalue weighted by atomic mass is 10.1. The Balaban J connectivity index is 1.68. The second-order valence-corrected chi connectivity index (χ2v) is 10.6. The Hall–Kier alpha value is -3.65. The van der Waals surface area contributed by atoms with Crippen molar-refractivity contribution in [3.8, 4) is 0 Å². The Morgan fingerprint density at radius 1 is 0.889 bits per heavy atom. The highest BCUT2D eigenvalue weighted by Crippen LogP contribution is 2.28. The molecule has 0 aromatic heterocycles. The molecule has 0 aliphatic carbocycles. The number of esters is 1. The molecule has 1 amide bonds. The molecule has 0 spiro atoms. The number of carbonyl (C=O) groups is 2. The molecule has 0 unspecified atom stereocenters. The topological polar surface area (TPSA) is 92.8 Å². The average Bonchev–Trinajstić information content (AvgIpc) is 2.83. The van der Waals surface area contributed by atoms with Gasteiger partial charge in [0.15, 0.2) is 0 Å². The first-order valence-electron chi connectivity index (χ1n) is 11.8. The summed E-state index contributed by atoms with van der Waals surface area (Å²) >= 11 is 0. The smallest absolute Gasteiger partial charge is 0.338 e. The molecular weight excluding hydrogens is 476 g/mol. The molecule has 3 aromatic rings. The lowest BCUT2D eigenvalue weighted by molar-refractivity contribution is 0.0499. The lowest BCUT2D eigenvalue weighted by Gasteiger charge is -2.26. The maximum Gasteiger partial charge on any atom is 0.338 e. The molecule has 0 aliphatic rings. The van der Waals surface area contributed by atoms with Crippen LogP contribution in [0, 0.1) is 13.8 Å². The van der Waals surface area contributed by atoms with Crippen molar-refractivity contribution in [1.82, 2.24) is 0 Å². The summed E-state index contributed by atoms with van der Waals surface area (Å²) in [6, 6.07) is 19.0. The van der Waals surface area contributed by atoms with Gasteiger partial charge in [0.05, 0.1) is 30.7 Å². The molecule has 190 valence electrons. The number of ether oxygens (including phenoxy) is 1. The van der Waals surface area contributed by atoms with E-state index in [1.54, 1.807) is 48.5 Å². The van der Waals surface area contributed by atoms with Crippen molar-refractivity contribution in [2.45, 2.75) is 40.2 Å². The highest BCUT2D eigenvalue weighted by atomic mass is 32.2. The van der Waals surface area contributed by atoms with Gasteiger partial charge in [-0.1, -0.05) is 43.7 Å². The first kappa shape index (κ1) is 26.9. The number of carbonyl (C=O) groups excluding carboxylic acids is 2. The summed E-state index contributed by atoms with van der Waals surface area (Å²) in [7, 11) is -3.52. The van der Waals surface area contributed by atoms with Crippen molar-refractivity contribution in [3.05, 3.63) is 94.5 Å². The fourth-order valence-corrected chi connectivity index (χ4v) is 4.78. The van der Waals surface area contributed by atoms with Gasteiger partial charge in [-0.2, -0.15) is 0 Å². The molecule has 1 N–H and O–H groups in total. The molecule has 0 bridgehead atoms. The van der Waals surface area contributed by atoms with Gasteiger partial charge in [-0.05, 0) is 73.4 Å². The molecule has 0 saturated heterocycles. The third-order valence-electron chi connectivity index (χ3n) is 5.74. The van der Waals surface area contributed by atoms with Crippen molar-refractivity contribution in [3.63, 3.8) is 0 Å². The number of unbranched alkanes of at least 4 members (excludes halogenated alkanes) is 1. The monoisotopic (exact) mass is 508 g/mol. The highest BCUT2D eigenvalue weighted by molar-refractivity contribution is 7.92. The van der Waals surface area contributed by atoms with E-state index in [4.69, 9.17) is 4.74 Å². The van der Waals surface area contributed by atoms with E-state index in [-0.39, 0.29) is 18.4 Å². The Morgan fingerprint density at radius 3 is 2.03 bits per heavy atom. The van der Waals surface area contributed by atoms with E-state index in [9.17, 15) is 18.0 Å². The Kier molecular flexibility index (Phi) is 8.88. The van der Waals surface area contributed by atoms with E-state index in [1.165, 1.54) is 10.6 Å². The molecular formula is C28H32N2O5S. The SMILES string of the molecule is CCCCOC(=O)c1ccc(NC(=O)c2ccc(CN(c3c(C)cccc3C)S(C)(=O)=O)cc2)cc1. The average molecular weight is 509 g/mol. The molecule has 0 fully saturated rings. The van der Waals surface area contributed by atoms with E-state index < -0.39 is 10.0 Å². The van der Waals surface area contributed by atoms with E-state index in [1.807, 2.05) is 39.0 Å². The van der Waals surface area contributed by atoms with Crippen LogP contribution in [0.15, 0.2) is 66.7 Å². The zero-order valence-electron chi connectivity index (χ0n) is 21.1. The van der Waals surface area contributed by atoms with Gasteiger partial charge in [0, 0.05) is 11.3 Å². The van der Waals surface area contributed by atoms with Crippen LogP contribution in [0.3, 0.4) is 0 Å². The van der Waals surface area contributed by atoms with E-state index in [0.29, 0.717) is 29.1 Å². The first-order chi connectivity index (χ1) is 17.1. The van der Waals surface area contributed by atoms with Gasteiger partial charge in [0.2, 0.25) is 10.0 Å². The van der Waals surface area contributed by atoms with Gasteiger partial charge >= 0.3 is 5.97 Å². The molecule has 0 saturated carbocycles. The number of rotatable bonds is 10. The Labute approximate surface area is 213 Å². The largest absolute Gasteiger partial charge is 0.462 e. The summed E-state index contributed by atoms with van der Waals surface area (Å²) in [5.74, 6) is -0.699. The Bertz CT molecular complexity index is 1300. The van der Waals surface area contributed by atoms with Crippen LogP contribution in [-0.2, 0) is 21.3 Å². The zero-order valence-corrected chi connectivity index (χ0v) is 21.9. The first-order valence-corrected chi connectivity index (χ1v) is 13.7. The lowest BCUT2D eigenvalue weighted by Crippen LogP contribution is -2.30. The number of benzene rings is 3. The minimum absolute atomic E-state index is 0.155. The van der Waals surface area contributed by atoms with E-state index >= 15 is 0 Å². The van der Waals surface area contributed by atoms with Gasteiger partial charge in [-0.15, -0.1) is 0 Å². The third kappa shape index (κ3) is 6.95. The van der Waals surface area contributed by atoms with Crippen molar-refractivity contribution in [2.75, 3.05) is 22.5 Å². The predicted octanol–water partition coefficient (Wildman–Crippen LogP) is 5.48. The molecule has 3 aromatic carbocycles. The number of nitrogens with one attached hydrogen (secondary N) is 1. The maximum absolute atomic E-state index is 12.7. The summed E-state index contributed by atoms with van der Waals surface area (Å²) in [4.78, 5) is 24.7. The minimum Gasteiger partial charge on any atom is -0.462 e. The second kappa shape index (κ2) is 11.9. The zero-order chi connectivity index (χ0) is 26.3. The molecule has 0 atom stereocenters. The maximum atomic E-state index is 12.7. The van der Waals surface area contributed by atoms with Gasteiger partial charge in [-0.25, -0.2) is 13.2 Å². The summed E-state index contributed by atoms with van der Waals surface area (Å²) in [6.07, 6.45) is 2.95. The summed E-state index contributed by atoms with van der Waals surface area (Å²) < 4.78 is 31.7. The number of aryl methyl sites for hydroxylation is 2. The van der Waals surface area contributed by atoms with Crippen molar-refractivity contribution < 1.29 is 22.7 Å². The fraction of sp³-hybridized carbons (Fsp3) is 0.286.